The van der Waals surface area contributed by atoms with Crippen molar-refractivity contribution in [1.29, 1.82) is 0 Å². The topological polar surface area (TPSA) is 42.9 Å². The van der Waals surface area contributed by atoms with Crippen LogP contribution in [0.15, 0.2) is 4.99 Å². The molecule has 0 aromatic carbocycles. The first-order chi connectivity index (χ1) is 11.4. The fourth-order valence-corrected chi connectivity index (χ4v) is 3.48. The van der Waals surface area contributed by atoms with Crippen LogP contribution in [0.25, 0.3) is 0 Å². The maximum Gasteiger partial charge on any atom is 0.401 e. The van der Waals surface area contributed by atoms with E-state index in [1.807, 2.05) is 0 Å². The largest absolute Gasteiger partial charge is 0.401 e. The second kappa shape index (κ2) is 10.8. The molecule has 0 aliphatic carbocycles. The number of likely N-dealkylation sites (tertiary alicyclic amines) is 2. The molecule has 2 rings (SSSR count). The summed E-state index contributed by atoms with van der Waals surface area (Å²) < 4.78 is 37.3. The van der Waals surface area contributed by atoms with Crippen LogP contribution in [0.2, 0.25) is 0 Å². The molecule has 0 aromatic heterocycles. The number of nitrogens with zero attached hydrogens (tertiary/aromatic N) is 3. The SMILES string of the molecule is CN=C(NCCC1CCN(C)CC1)NC1CCN(CC(F)(F)F)C1.I. The average molecular weight is 477 g/mol. The number of hydrogen-bond acceptors (Lipinski definition) is 3. The van der Waals surface area contributed by atoms with Crippen molar-refractivity contribution in [2.24, 2.45) is 10.9 Å². The lowest BCUT2D eigenvalue weighted by molar-refractivity contribution is -0.143. The van der Waals surface area contributed by atoms with E-state index in [9.17, 15) is 13.2 Å². The van der Waals surface area contributed by atoms with Gasteiger partial charge in [-0.25, -0.2) is 0 Å². The maximum atomic E-state index is 12.4. The lowest BCUT2D eigenvalue weighted by Gasteiger charge is -2.29. The number of halogens is 4. The van der Waals surface area contributed by atoms with E-state index in [1.54, 1.807) is 7.05 Å². The maximum absolute atomic E-state index is 12.4. The predicted molar refractivity (Wildman–Crippen MR) is 106 cm³/mol. The Morgan fingerprint density at radius 2 is 1.84 bits per heavy atom. The number of rotatable bonds is 5. The zero-order valence-electron chi connectivity index (χ0n) is 15.1. The van der Waals surface area contributed by atoms with E-state index in [0.717, 1.165) is 32.0 Å². The molecule has 2 aliphatic rings. The molecule has 2 fully saturated rings. The van der Waals surface area contributed by atoms with Gasteiger partial charge in [0, 0.05) is 32.7 Å². The summed E-state index contributed by atoms with van der Waals surface area (Å²) in [5.74, 6) is 1.45. The quantitative estimate of drug-likeness (QED) is 0.362. The third-order valence-corrected chi connectivity index (χ3v) is 4.92. The lowest BCUT2D eigenvalue weighted by atomic mass is 9.94. The van der Waals surface area contributed by atoms with Crippen molar-refractivity contribution < 1.29 is 13.2 Å². The third kappa shape index (κ3) is 8.76. The van der Waals surface area contributed by atoms with Gasteiger partial charge < -0.3 is 15.5 Å². The number of nitrogens with one attached hydrogen (secondary N) is 2. The van der Waals surface area contributed by atoms with Gasteiger partial charge in [0.1, 0.15) is 0 Å². The molecule has 2 aliphatic heterocycles. The molecule has 9 heteroatoms. The summed E-state index contributed by atoms with van der Waals surface area (Å²) in [6.07, 6.45) is 0.173. The molecule has 2 heterocycles. The van der Waals surface area contributed by atoms with Gasteiger partial charge in [-0.1, -0.05) is 0 Å². The minimum absolute atomic E-state index is 0. The molecule has 148 valence electrons. The molecular formula is C16H31F3IN5. The lowest BCUT2D eigenvalue weighted by Crippen LogP contribution is -2.45. The van der Waals surface area contributed by atoms with Gasteiger partial charge in [0.15, 0.2) is 5.96 Å². The van der Waals surface area contributed by atoms with Crippen molar-refractivity contribution in [2.75, 3.05) is 53.4 Å². The minimum Gasteiger partial charge on any atom is -0.356 e. The second-order valence-corrected chi connectivity index (χ2v) is 7.01. The van der Waals surface area contributed by atoms with Crippen molar-refractivity contribution in [3.05, 3.63) is 0 Å². The molecule has 0 aromatic rings. The van der Waals surface area contributed by atoms with Crippen molar-refractivity contribution in [2.45, 2.75) is 37.9 Å². The van der Waals surface area contributed by atoms with Gasteiger partial charge in [-0.3, -0.25) is 9.89 Å². The Morgan fingerprint density at radius 1 is 1.16 bits per heavy atom. The van der Waals surface area contributed by atoms with E-state index in [1.165, 1.54) is 17.7 Å². The Labute approximate surface area is 165 Å². The summed E-state index contributed by atoms with van der Waals surface area (Å²) >= 11 is 0. The highest BCUT2D eigenvalue weighted by Gasteiger charge is 2.34. The van der Waals surface area contributed by atoms with Gasteiger partial charge in [-0.2, -0.15) is 13.2 Å². The van der Waals surface area contributed by atoms with Crippen LogP contribution < -0.4 is 10.6 Å². The first-order valence-corrected chi connectivity index (χ1v) is 8.80. The molecule has 0 bridgehead atoms. The van der Waals surface area contributed by atoms with E-state index in [4.69, 9.17) is 0 Å². The molecule has 0 saturated carbocycles. The second-order valence-electron chi connectivity index (χ2n) is 7.01. The molecule has 25 heavy (non-hydrogen) atoms. The van der Waals surface area contributed by atoms with Crippen LogP contribution in [0.5, 0.6) is 0 Å². The van der Waals surface area contributed by atoms with Crippen LogP contribution in [-0.4, -0.2) is 81.3 Å². The fourth-order valence-electron chi connectivity index (χ4n) is 3.48. The van der Waals surface area contributed by atoms with E-state index < -0.39 is 12.7 Å². The third-order valence-electron chi connectivity index (χ3n) is 4.92. The molecule has 0 spiro atoms. The molecule has 2 N–H and O–H groups in total. The van der Waals surface area contributed by atoms with Crippen LogP contribution in [0.3, 0.4) is 0 Å². The summed E-state index contributed by atoms with van der Waals surface area (Å²) in [5.41, 5.74) is 0. The van der Waals surface area contributed by atoms with Crippen LogP contribution in [0.1, 0.15) is 25.7 Å². The fraction of sp³-hybridized carbons (Fsp3) is 0.938. The smallest absolute Gasteiger partial charge is 0.356 e. The van der Waals surface area contributed by atoms with Crippen LogP contribution in [-0.2, 0) is 0 Å². The predicted octanol–water partition coefficient (Wildman–Crippen LogP) is 2.14. The normalized spacial score (nSPS) is 24.2. The first kappa shape index (κ1) is 22.8. The molecule has 1 atom stereocenters. The Morgan fingerprint density at radius 3 is 2.44 bits per heavy atom. The van der Waals surface area contributed by atoms with Crippen molar-refractivity contribution in [3.63, 3.8) is 0 Å². The van der Waals surface area contributed by atoms with Gasteiger partial charge in [0.2, 0.25) is 0 Å². The molecule has 0 radical (unpaired) electrons. The Kier molecular flexibility index (Phi) is 9.79. The van der Waals surface area contributed by atoms with Crippen LogP contribution >= 0.6 is 24.0 Å². The highest BCUT2D eigenvalue weighted by atomic mass is 127. The molecule has 1 unspecified atom stereocenters. The van der Waals surface area contributed by atoms with Crippen LogP contribution in [0.4, 0.5) is 13.2 Å². The van der Waals surface area contributed by atoms with Gasteiger partial charge in [-0.15, -0.1) is 24.0 Å². The first-order valence-electron chi connectivity index (χ1n) is 8.80. The van der Waals surface area contributed by atoms with Crippen LogP contribution in [0, 0.1) is 5.92 Å². The molecular weight excluding hydrogens is 446 g/mol. The number of piperidine rings is 1. The van der Waals surface area contributed by atoms with Gasteiger partial charge in [0.05, 0.1) is 6.54 Å². The van der Waals surface area contributed by atoms with E-state index in [0.29, 0.717) is 25.5 Å². The summed E-state index contributed by atoms with van der Waals surface area (Å²) in [5, 5.41) is 6.55. The Balaban J connectivity index is 0.00000312. The van der Waals surface area contributed by atoms with E-state index >= 15 is 0 Å². The van der Waals surface area contributed by atoms with E-state index in [2.05, 4.69) is 27.6 Å². The zero-order valence-corrected chi connectivity index (χ0v) is 17.4. The Hall–Kier alpha value is -0.290. The van der Waals surface area contributed by atoms with E-state index in [-0.39, 0.29) is 30.0 Å². The molecule has 2 saturated heterocycles. The zero-order chi connectivity index (χ0) is 17.6. The van der Waals surface area contributed by atoms with Crippen molar-refractivity contribution in [1.82, 2.24) is 20.4 Å². The average Bonchev–Trinajstić information content (AvgIpc) is 2.93. The Bertz CT molecular complexity index is 411. The summed E-state index contributed by atoms with van der Waals surface area (Å²) in [4.78, 5) is 8.00. The van der Waals surface area contributed by atoms with Gasteiger partial charge in [0.25, 0.3) is 0 Å². The number of hydrogen-bond donors (Lipinski definition) is 2. The number of guanidine groups is 1. The summed E-state index contributed by atoms with van der Waals surface area (Å²) in [6, 6.07) is 0.0295. The summed E-state index contributed by atoms with van der Waals surface area (Å²) in [6.45, 7) is 3.24. The number of aliphatic imine (C=N–C) groups is 1. The highest BCUT2D eigenvalue weighted by Crippen LogP contribution is 2.20. The summed E-state index contributed by atoms with van der Waals surface area (Å²) in [7, 11) is 3.86. The van der Waals surface area contributed by atoms with Gasteiger partial charge >= 0.3 is 6.18 Å². The molecule has 5 nitrogen and oxygen atoms in total. The highest BCUT2D eigenvalue weighted by molar-refractivity contribution is 14.0. The van der Waals surface area contributed by atoms with Gasteiger partial charge in [-0.05, 0) is 51.7 Å². The monoisotopic (exact) mass is 477 g/mol. The standard InChI is InChI=1S/C16H30F3N5.HI/c1-20-15(21-7-3-13-4-8-23(2)9-5-13)22-14-6-10-24(11-14)12-16(17,18)19;/h13-14H,3-12H2,1-2H3,(H2,20,21,22);1H. The van der Waals surface area contributed by atoms with Crippen molar-refractivity contribution >= 4 is 29.9 Å². The molecule has 0 amide bonds. The minimum atomic E-state index is -4.12. The number of alkyl halides is 3. The van der Waals surface area contributed by atoms with Crippen molar-refractivity contribution in [3.8, 4) is 0 Å².